The minimum Gasteiger partial charge on any atom is -0.455 e. The Hall–Kier alpha value is -5.88. The van der Waals surface area contributed by atoms with E-state index >= 15 is 0 Å². The number of halogens is 2. The van der Waals surface area contributed by atoms with Crippen LogP contribution in [-0.2, 0) is 0 Å². The predicted molar refractivity (Wildman–Crippen MR) is 235 cm³/mol. The molecule has 0 aliphatic carbocycles. The van der Waals surface area contributed by atoms with Gasteiger partial charge in [0, 0.05) is 58.2 Å². The van der Waals surface area contributed by atoms with Crippen LogP contribution >= 0.6 is 31.9 Å². The second-order valence-corrected chi connectivity index (χ2v) is 15.5. The van der Waals surface area contributed by atoms with Crippen LogP contribution in [0, 0.1) is 7.43 Å². The van der Waals surface area contributed by atoms with Gasteiger partial charge in [0.2, 0.25) is 0 Å². The average molecular weight is 824 g/mol. The van der Waals surface area contributed by atoms with Gasteiger partial charge >= 0.3 is 0 Å². The van der Waals surface area contributed by atoms with Gasteiger partial charge in [0.25, 0.3) is 0 Å². The summed E-state index contributed by atoms with van der Waals surface area (Å²) in [4.78, 5) is 0. The zero-order chi connectivity index (χ0) is 35.2. The summed E-state index contributed by atoms with van der Waals surface area (Å²) in [6.07, 6.45) is 0. The van der Waals surface area contributed by atoms with Crippen molar-refractivity contribution >= 4 is 97.4 Å². The van der Waals surface area contributed by atoms with Crippen molar-refractivity contribution < 1.29 is 4.42 Å². The molecule has 11 rings (SSSR count). The number of rotatable bonds is 4. The molecule has 0 amide bonds. The molecule has 0 aliphatic heterocycles. The number of hydrogen-bond acceptors (Lipinski definition) is 1. The van der Waals surface area contributed by atoms with Crippen LogP contribution in [0.25, 0.3) is 99.2 Å². The number of benzene rings is 8. The first kappa shape index (κ1) is 32.7. The van der Waals surface area contributed by atoms with Crippen molar-refractivity contribution in [2.24, 2.45) is 0 Å². The number of para-hydroxylation sites is 3. The van der Waals surface area contributed by atoms with Crippen molar-refractivity contribution in [3.05, 3.63) is 186 Å². The van der Waals surface area contributed by atoms with E-state index in [1.807, 2.05) is 12.1 Å². The van der Waals surface area contributed by atoms with Crippen LogP contribution in [0.15, 0.2) is 183 Å². The summed E-state index contributed by atoms with van der Waals surface area (Å²) in [5, 5.41) is 7.15. The number of hydrogen-bond donors (Lipinski definition) is 0. The smallest absolute Gasteiger partial charge is 0.143 e. The van der Waals surface area contributed by atoms with Crippen LogP contribution < -0.4 is 0 Å². The topological polar surface area (TPSA) is 23.0 Å². The summed E-state index contributed by atoms with van der Waals surface area (Å²) < 4.78 is 13.2. The molecule has 0 saturated carbocycles. The molecule has 258 valence electrons. The van der Waals surface area contributed by atoms with Crippen LogP contribution in [0.2, 0.25) is 0 Å². The molecule has 0 N–H and O–H groups in total. The molecule has 5 heteroatoms. The molecule has 0 atom stereocenters. The van der Waals surface area contributed by atoms with Crippen molar-refractivity contribution in [2.45, 2.75) is 0 Å². The highest BCUT2D eigenvalue weighted by molar-refractivity contribution is 9.10. The molecule has 3 heterocycles. The Morgan fingerprint density at radius 1 is 0.370 bits per heavy atom. The maximum atomic E-state index is 6.37. The molecule has 3 aromatic heterocycles. The van der Waals surface area contributed by atoms with Crippen molar-refractivity contribution in [1.82, 2.24) is 9.13 Å². The van der Waals surface area contributed by atoms with Gasteiger partial charge < -0.3 is 21.0 Å². The summed E-state index contributed by atoms with van der Waals surface area (Å²) in [6, 6.07) is 61.0. The Morgan fingerprint density at radius 3 is 1.46 bits per heavy atom. The normalized spacial score (nSPS) is 11.7. The molecule has 0 bridgehead atoms. The van der Waals surface area contributed by atoms with E-state index in [4.69, 9.17) is 4.42 Å². The molecule has 54 heavy (non-hydrogen) atoms. The lowest BCUT2D eigenvalue weighted by Gasteiger charge is -2.10. The molecule has 0 spiro atoms. The lowest BCUT2D eigenvalue weighted by molar-refractivity contribution is 0.670. The first-order valence-electron chi connectivity index (χ1n) is 17.6. The zero-order valence-corrected chi connectivity index (χ0v) is 32.4. The third-order valence-corrected chi connectivity index (χ3v) is 11.6. The molecule has 8 aromatic carbocycles. The SMILES string of the molecule is Brc1ccc2c(c1)c1cc(-c3ccc4c(c3)c3cc(Br)ccc3n4-c3ccc(-c4cccc5c4oc4ccccc45)cc3)ccc1n2-c1ccccc1.[CH3-]. The molecule has 0 saturated heterocycles. The van der Waals surface area contributed by atoms with E-state index in [1.165, 1.54) is 54.7 Å². The molecule has 0 unspecified atom stereocenters. The number of fused-ring (bicyclic) bond motifs is 9. The largest absolute Gasteiger partial charge is 0.455 e. The maximum Gasteiger partial charge on any atom is 0.143 e. The summed E-state index contributed by atoms with van der Waals surface area (Å²) in [7, 11) is 0. The van der Waals surface area contributed by atoms with Crippen LogP contribution in [0.1, 0.15) is 0 Å². The van der Waals surface area contributed by atoms with Gasteiger partial charge in [-0.05, 0) is 108 Å². The van der Waals surface area contributed by atoms with Gasteiger partial charge in [-0.3, -0.25) is 0 Å². The van der Waals surface area contributed by atoms with Gasteiger partial charge in [-0.1, -0.05) is 111 Å². The zero-order valence-electron chi connectivity index (χ0n) is 29.2. The Labute approximate surface area is 328 Å². The fraction of sp³-hybridized carbons (Fsp3) is 0. The third-order valence-electron chi connectivity index (χ3n) is 10.6. The van der Waals surface area contributed by atoms with Crippen LogP contribution in [-0.4, -0.2) is 9.13 Å². The summed E-state index contributed by atoms with van der Waals surface area (Å²) >= 11 is 7.50. The average Bonchev–Trinajstić information content (AvgIpc) is 3.85. The van der Waals surface area contributed by atoms with Gasteiger partial charge in [-0.25, -0.2) is 0 Å². The number of nitrogens with zero attached hydrogens (tertiary/aromatic N) is 2. The first-order chi connectivity index (χ1) is 26.1. The van der Waals surface area contributed by atoms with E-state index in [1.54, 1.807) is 0 Å². The Bertz CT molecular complexity index is 3240. The van der Waals surface area contributed by atoms with E-state index in [2.05, 4.69) is 199 Å². The predicted octanol–water partition coefficient (Wildman–Crippen LogP) is 15.1. The number of furan rings is 1. The Kier molecular flexibility index (Phi) is 7.65. The van der Waals surface area contributed by atoms with Crippen LogP contribution in [0.5, 0.6) is 0 Å². The van der Waals surface area contributed by atoms with Crippen molar-refractivity contribution in [1.29, 1.82) is 0 Å². The monoisotopic (exact) mass is 821 g/mol. The minimum atomic E-state index is 0. The molecular formula is C49H31Br2N2O-. The second-order valence-electron chi connectivity index (χ2n) is 13.6. The molecule has 0 radical (unpaired) electrons. The highest BCUT2D eigenvalue weighted by atomic mass is 79.9. The van der Waals surface area contributed by atoms with Gasteiger partial charge in [-0.15, -0.1) is 0 Å². The van der Waals surface area contributed by atoms with Crippen LogP contribution in [0.4, 0.5) is 0 Å². The van der Waals surface area contributed by atoms with Crippen molar-refractivity contribution in [2.75, 3.05) is 0 Å². The highest BCUT2D eigenvalue weighted by Gasteiger charge is 2.18. The Balaban J connectivity index is 0.00000361. The maximum absolute atomic E-state index is 6.37. The molecule has 0 aliphatic rings. The lowest BCUT2D eigenvalue weighted by atomic mass is 10.0. The third kappa shape index (κ3) is 4.99. The van der Waals surface area contributed by atoms with Crippen molar-refractivity contribution in [3.8, 4) is 33.6 Å². The number of aromatic nitrogens is 2. The minimum absolute atomic E-state index is 0. The summed E-state index contributed by atoms with van der Waals surface area (Å²) in [5.41, 5.74) is 13.4. The standard InChI is InChI=1S/C48H28Br2N2O.CH3/c49-32-17-23-45-41(27-32)39-25-30(15-21-43(39)51(45)34-7-2-1-3-8-34)31-16-22-44-40(26-31)42-28-33(50)18-24-46(42)52(44)35-19-13-29(14-20-35)36-10-6-11-38-37-9-4-5-12-47(37)53-48(36)38;/h1-28H;1H3/q;-1. The van der Waals surface area contributed by atoms with E-state index in [-0.39, 0.29) is 7.43 Å². The van der Waals surface area contributed by atoms with Crippen LogP contribution in [0.3, 0.4) is 0 Å². The quantitative estimate of drug-likeness (QED) is 0.162. The molecule has 0 fully saturated rings. The molecular weight excluding hydrogens is 792 g/mol. The van der Waals surface area contributed by atoms with E-state index in [0.29, 0.717) is 0 Å². The van der Waals surface area contributed by atoms with E-state index in [0.717, 1.165) is 53.4 Å². The molecule has 3 nitrogen and oxygen atoms in total. The van der Waals surface area contributed by atoms with Gasteiger partial charge in [0.1, 0.15) is 11.2 Å². The Morgan fingerprint density at radius 2 is 0.852 bits per heavy atom. The van der Waals surface area contributed by atoms with Crippen molar-refractivity contribution in [3.63, 3.8) is 0 Å². The molecule has 11 aromatic rings. The van der Waals surface area contributed by atoms with E-state index in [9.17, 15) is 0 Å². The first-order valence-corrected chi connectivity index (χ1v) is 19.2. The fourth-order valence-electron chi connectivity index (χ4n) is 8.25. The summed E-state index contributed by atoms with van der Waals surface area (Å²) in [6.45, 7) is 0. The highest BCUT2D eigenvalue weighted by Crippen LogP contribution is 2.41. The van der Waals surface area contributed by atoms with E-state index < -0.39 is 0 Å². The fourth-order valence-corrected chi connectivity index (χ4v) is 8.97. The lowest BCUT2D eigenvalue weighted by Crippen LogP contribution is -1.94. The van der Waals surface area contributed by atoms with Gasteiger partial charge in [0.05, 0.1) is 22.1 Å². The summed E-state index contributed by atoms with van der Waals surface area (Å²) in [5.74, 6) is 0. The second kappa shape index (κ2) is 12.6. The van der Waals surface area contributed by atoms with Gasteiger partial charge in [-0.2, -0.15) is 0 Å². The van der Waals surface area contributed by atoms with Gasteiger partial charge in [0.15, 0.2) is 0 Å².